The van der Waals surface area contributed by atoms with E-state index in [0.29, 0.717) is 11.1 Å². The molecule has 1 heterocycles. The monoisotopic (exact) mass is 259 g/mol. The number of hydrogen-bond donors (Lipinski definition) is 1. The first kappa shape index (κ1) is 12.7. The Bertz CT molecular complexity index is 660. The van der Waals surface area contributed by atoms with Gasteiger partial charge in [0.1, 0.15) is 0 Å². The van der Waals surface area contributed by atoms with Crippen molar-refractivity contribution in [2.24, 2.45) is 5.10 Å². The molecule has 19 heavy (non-hydrogen) atoms. The van der Waals surface area contributed by atoms with Crippen LogP contribution < -0.4 is 5.73 Å². The van der Waals surface area contributed by atoms with Gasteiger partial charge in [0.25, 0.3) is 5.69 Å². The van der Waals surface area contributed by atoms with Gasteiger partial charge in [0.15, 0.2) is 0 Å². The van der Waals surface area contributed by atoms with Crippen LogP contribution in [-0.4, -0.2) is 20.8 Å². The van der Waals surface area contributed by atoms with Crippen molar-refractivity contribution in [2.45, 2.75) is 13.8 Å². The number of nitrogens with zero attached hydrogens (tertiary/aromatic N) is 4. The first-order chi connectivity index (χ1) is 8.99. The van der Waals surface area contributed by atoms with E-state index in [2.05, 4.69) is 10.1 Å². The Balaban J connectivity index is 2.41. The fourth-order valence-electron chi connectivity index (χ4n) is 1.76. The third-order valence-electron chi connectivity index (χ3n) is 2.61. The van der Waals surface area contributed by atoms with Crippen LogP contribution in [-0.2, 0) is 0 Å². The molecule has 0 unspecified atom stereocenters. The van der Waals surface area contributed by atoms with E-state index in [1.54, 1.807) is 38.2 Å². The quantitative estimate of drug-likeness (QED) is 0.516. The van der Waals surface area contributed by atoms with E-state index in [9.17, 15) is 10.1 Å². The van der Waals surface area contributed by atoms with Gasteiger partial charge in [-0.2, -0.15) is 5.10 Å². The standard InChI is InChI=1S/C12H13N5O2/c1-8-4-3-5-10(11(8)17(18)19)6-14-16-7-9(2)15-12(16)13/h3-7H,1-2H3,(H2,13,15). The molecule has 0 aliphatic rings. The Morgan fingerprint density at radius 1 is 1.47 bits per heavy atom. The lowest BCUT2D eigenvalue weighted by Crippen LogP contribution is -2.00. The molecule has 0 saturated carbocycles. The van der Waals surface area contributed by atoms with Crippen molar-refractivity contribution in [2.75, 3.05) is 5.73 Å². The van der Waals surface area contributed by atoms with Gasteiger partial charge >= 0.3 is 0 Å². The summed E-state index contributed by atoms with van der Waals surface area (Å²) in [6, 6.07) is 5.06. The molecule has 0 saturated heterocycles. The van der Waals surface area contributed by atoms with Crippen molar-refractivity contribution in [3.8, 4) is 0 Å². The molecule has 0 aliphatic heterocycles. The molecule has 0 fully saturated rings. The van der Waals surface area contributed by atoms with Crippen LogP contribution in [0.1, 0.15) is 16.8 Å². The normalized spacial score (nSPS) is 11.1. The number of nitro groups is 1. The lowest BCUT2D eigenvalue weighted by atomic mass is 10.1. The molecular formula is C12H13N5O2. The van der Waals surface area contributed by atoms with Crippen molar-refractivity contribution in [3.63, 3.8) is 0 Å². The summed E-state index contributed by atoms with van der Waals surface area (Å²) >= 11 is 0. The molecule has 0 radical (unpaired) electrons. The summed E-state index contributed by atoms with van der Waals surface area (Å²) in [5.41, 5.74) is 7.42. The van der Waals surface area contributed by atoms with E-state index in [1.807, 2.05) is 0 Å². The lowest BCUT2D eigenvalue weighted by molar-refractivity contribution is -0.385. The summed E-state index contributed by atoms with van der Waals surface area (Å²) in [4.78, 5) is 14.6. The highest BCUT2D eigenvalue weighted by Gasteiger charge is 2.15. The molecule has 7 nitrogen and oxygen atoms in total. The number of aryl methyl sites for hydroxylation is 2. The minimum atomic E-state index is -0.417. The second kappa shape index (κ2) is 4.89. The number of benzene rings is 1. The maximum Gasteiger partial charge on any atom is 0.281 e. The Morgan fingerprint density at radius 2 is 2.21 bits per heavy atom. The fraction of sp³-hybridized carbons (Fsp3) is 0.167. The van der Waals surface area contributed by atoms with Crippen LogP contribution in [0.2, 0.25) is 0 Å². The predicted octanol–water partition coefficient (Wildman–Crippen LogP) is 1.87. The highest BCUT2D eigenvalue weighted by Crippen LogP contribution is 2.21. The molecular weight excluding hydrogens is 246 g/mol. The predicted molar refractivity (Wildman–Crippen MR) is 72.2 cm³/mol. The third kappa shape index (κ3) is 2.59. The molecule has 0 aliphatic carbocycles. The zero-order valence-electron chi connectivity index (χ0n) is 10.6. The van der Waals surface area contributed by atoms with E-state index >= 15 is 0 Å². The molecule has 0 atom stereocenters. The van der Waals surface area contributed by atoms with Gasteiger partial charge in [-0.25, -0.2) is 9.66 Å². The molecule has 0 amide bonds. The molecule has 2 N–H and O–H groups in total. The van der Waals surface area contributed by atoms with Crippen molar-refractivity contribution < 1.29 is 4.92 Å². The van der Waals surface area contributed by atoms with Crippen molar-refractivity contribution >= 4 is 17.9 Å². The molecule has 0 spiro atoms. The van der Waals surface area contributed by atoms with E-state index in [-0.39, 0.29) is 11.6 Å². The van der Waals surface area contributed by atoms with Gasteiger partial charge in [-0.15, -0.1) is 0 Å². The first-order valence-electron chi connectivity index (χ1n) is 5.59. The largest absolute Gasteiger partial charge is 0.368 e. The van der Waals surface area contributed by atoms with Crippen LogP contribution >= 0.6 is 0 Å². The number of imidazole rings is 1. The second-order valence-corrected chi connectivity index (χ2v) is 4.10. The minimum absolute atomic E-state index is 0.0432. The van der Waals surface area contributed by atoms with Crippen LogP contribution in [0.3, 0.4) is 0 Å². The number of hydrogen-bond acceptors (Lipinski definition) is 5. The number of nitro benzene ring substituents is 1. The summed E-state index contributed by atoms with van der Waals surface area (Å²) in [7, 11) is 0. The number of rotatable bonds is 3. The van der Waals surface area contributed by atoms with E-state index in [1.165, 1.54) is 10.9 Å². The molecule has 2 rings (SSSR count). The smallest absolute Gasteiger partial charge is 0.281 e. The van der Waals surface area contributed by atoms with Crippen LogP contribution in [0.25, 0.3) is 0 Å². The molecule has 1 aromatic carbocycles. The molecule has 0 bridgehead atoms. The van der Waals surface area contributed by atoms with Crippen LogP contribution in [0.5, 0.6) is 0 Å². The summed E-state index contributed by atoms with van der Waals surface area (Å²) in [6.07, 6.45) is 3.05. The molecule has 98 valence electrons. The average molecular weight is 259 g/mol. The Kier molecular flexibility index (Phi) is 3.28. The summed E-state index contributed by atoms with van der Waals surface area (Å²) in [5, 5.41) is 15.1. The van der Waals surface area contributed by atoms with Gasteiger partial charge in [0.05, 0.1) is 28.6 Å². The van der Waals surface area contributed by atoms with Crippen LogP contribution in [0, 0.1) is 24.0 Å². The topological polar surface area (TPSA) is 99.3 Å². The van der Waals surface area contributed by atoms with E-state index in [4.69, 9.17) is 5.73 Å². The highest BCUT2D eigenvalue weighted by atomic mass is 16.6. The zero-order chi connectivity index (χ0) is 14.0. The second-order valence-electron chi connectivity index (χ2n) is 4.10. The first-order valence-corrected chi connectivity index (χ1v) is 5.59. The van der Waals surface area contributed by atoms with E-state index < -0.39 is 4.92 Å². The van der Waals surface area contributed by atoms with Crippen LogP contribution in [0.4, 0.5) is 11.6 Å². The Morgan fingerprint density at radius 3 is 2.79 bits per heavy atom. The lowest BCUT2D eigenvalue weighted by Gasteiger charge is -2.00. The number of para-hydroxylation sites is 1. The van der Waals surface area contributed by atoms with Crippen molar-refractivity contribution in [1.82, 2.24) is 9.66 Å². The zero-order valence-corrected chi connectivity index (χ0v) is 10.6. The fourth-order valence-corrected chi connectivity index (χ4v) is 1.76. The van der Waals surface area contributed by atoms with Gasteiger partial charge < -0.3 is 5.73 Å². The molecule has 2 aromatic rings. The Labute approximate surface area is 109 Å². The van der Waals surface area contributed by atoms with E-state index in [0.717, 1.165) is 5.69 Å². The molecule has 1 aromatic heterocycles. The SMILES string of the molecule is Cc1cn(N=Cc2cccc(C)c2[N+](=O)[O-])c(N)n1. The number of anilines is 1. The Hall–Kier alpha value is -2.70. The summed E-state index contributed by atoms with van der Waals surface area (Å²) < 4.78 is 1.38. The maximum absolute atomic E-state index is 11.0. The van der Waals surface area contributed by atoms with Gasteiger partial charge in [-0.05, 0) is 19.9 Å². The van der Waals surface area contributed by atoms with Gasteiger partial charge in [-0.3, -0.25) is 10.1 Å². The van der Waals surface area contributed by atoms with Gasteiger partial charge in [0.2, 0.25) is 5.95 Å². The van der Waals surface area contributed by atoms with Gasteiger partial charge in [-0.1, -0.05) is 12.1 Å². The summed E-state index contributed by atoms with van der Waals surface area (Å²) in [5.74, 6) is 0.240. The van der Waals surface area contributed by atoms with Crippen LogP contribution in [0.15, 0.2) is 29.5 Å². The van der Waals surface area contributed by atoms with Crippen molar-refractivity contribution in [1.29, 1.82) is 0 Å². The third-order valence-corrected chi connectivity index (χ3v) is 2.61. The highest BCUT2D eigenvalue weighted by molar-refractivity contribution is 5.86. The minimum Gasteiger partial charge on any atom is -0.368 e. The van der Waals surface area contributed by atoms with Crippen molar-refractivity contribution in [3.05, 3.63) is 51.3 Å². The summed E-state index contributed by atoms with van der Waals surface area (Å²) in [6.45, 7) is 3.47. The number of nitrogen functional groups attached to an aromatic ring is 1. The number of aromatic nitrogens is 2. The maximum atomic E-state index is 11.0. The number of nitrogens with two attached hydrogens (primary N) is 1. The average Bonchev–Trinajstić information content (AvgIpc) is 2.64. The molecule has 7 heteroatoms. The van der Waals surface area contributed by atoms with Gasteiger partial charge in [0, 0.05) is 5.56 Å².